The molecule has 10 heteroatoms. The van der Waals surface area contributed by atoms with Crippen molar-refractivity contribution in [1.29, 1.82) is 0 Å². The molecule has 0 unspecified atom stereocenters. The van der Waals surface area contributed by atoms with Crippen LogP contribution in [0.2, 0.25) is 0 Å². The lowest BCUT2D eigenvalue weighted by atomic mass is 10.5. The monoisotopic (exact) mass is 232 g/mol. The van der Waals surface area contributed by atoms with Gasteiger partial charge in [0.05, 0.1) is 0 Å². The van der Waals surface area contributed by atoms with Crippen molar-refractivity contribution in [3.05, 3.63) is 0 Å². The van der Waals surface area contributed by atoms with Gasteiger partial charge in [-0.2, -0.15) is 35.1 Å². The van der Waals surface area contributed by atoms with E-state index in [2.05, 4.69) is 0 Å². The highest BCUT2D eigenvalue weighted by Crippen LogP contribution is 2.40. The molecule has 0 aromatic heterocycles. The van der Waals surface area contributed by atoms with E-state index in [0.29, 0.717) is 0 Å². The predicted molar refractivity (Wildman–Crippen MR) is 23.1 cm³/mol. The number of hydrogen-bond acceptors (Lipinski definition) is 2. The Morgan fingerprint density at radius 2 is 1.29 bits per heavy atom. The zero-order chi connectivity index (χ0) is 11.8. The fourth-order valence-electron chi connectivity index (χ4n) is 0.259. The topological polar surface area (TPSA) is 26.3 Å². The minimum absolute atomic E-state index is 1.73. The molecule has 0 fully saturated rings. The highest BCUT2D eigenvalue weighted by Gasteiger charge is 2.65. The third kappa shape index (κ3) is 2.79. The minimum atomic E-state index is -6.47. The minimum Gasteiger partial charge on any atom is -0.251 e. The maximum Gasteiger partial charge on any atom is 0.483 e. The molecule has 14 heavy (non-hydrogen) atoms. The van der Waals surface area contributed by atoms with Crippen molar-refractivity contribution in [1.82, 2.24) is 0 Å². The fourth-order valence-corrected chi connectivity index (χ4v) is 0.259. The fraction of sp³-hybridized carbons (Fsp3) is 0.750. The number of halogens is 8. The van der Waals surface area contributed by atoms with E-state index in [9.17, 15) is 39.9 Å². The third-order valence-electron chi connectivity index (χ3n) is 0.815. The molecule has 0 amide bonds. The van der Waals surface area contributed by atoms with Crippen LogP contribution in [-0.2, 0) is 9.53 Å². The van der Waals surface area contributed by atoms with Gasteiger partial charge in [-0.15, -0.1) is 0 Å². The molecule has 0 aliphatic heterocycles. The summed E-state index contributed by atoms with van der Waals surface area (Å²) < 4.78 is 93.0. The van der Waals surface area contributed by atoms with Crippen molar-refractivity contribution >= 4 is 6.04 Å². The lowest BCUT2D eigenvalue weighted by Gasteiger charge is -2.22. The van der Waals surface area contributed by atoms with E-state index in [1.54, 1.807) is 4.74 Å². The highest BCUT2D eigenvalue weighted by molar-refractivity contribution is 5.74. The van der Waals surface area contributed by atoms with Gasteiger partial charge >= 0.3 is 24.4 Å². The van der Waals surface area contributed by atoms with Crippen LogP contribution < -0.4 is 0 Å². The lowest BCUT2D eigenvalue weighted by molar-refractivity contribution is -0.446. The second kappa shape index (κ2) is 3.33. The first-order valence-electron chi connectivity index (χ1n) is 2.62. The molecule has 84 valence electrons. The van der Waals surface area contributed by atoms with Crippen molar-refractivity contribution in [3.8, 4) is 0 Å². The summed E-state index contributed by atoms with van der Waals surface area (Å²) in [6.45, 7) is 0. The Balaban J connectivity index is 4.76. The summed E-state index contributed by atoms with van der Waals surface area (Å²) in [5.74, 6) is 0. The van der Waals surface area contributed by atoms with E-state index in [-0.39, 0.29) is 0 Å². The Labute approximate surface area is 70.4 Å². The predicted octanol–water partition coefficient (Wildman–Crippen LogP) is 2.25. The number of rotatable bonds is 3. The maximum atomic E-state index is 11.6. The molecule has 0 rings (SSSR count). The first-order chi connectivity index (χ1) is 5.90. The number of ether oxygens (including phenoxy) is 1. The van der Waals surface area contributed by atoms with Gasteiger partial charge in [0.2, 0.25) is 0 Å². The number of alkyl halides is 7. The summed E-state index contributed by atoms with van der Waals surface area (Å²) in [6.07, 6.45) is -18.6. The van der Waals surface area contributed by atoms with Crippen LogP contribution in [-0.4, -0.2) is 24.4 Å². The normalized spacial score (nSPS) is 14.3. The summed E-state index contributed by atoms with van der Waals surface area (Å²) in [4.78, 5) is 9.23. The summed E-state index contributed by atoms with van der Waals surface area (Å²) >= 11 is 0. The molecule has 0 bridgehead atoms. The largest absolute Gasteiger partial charge is 0.483 e. The van der Waals surface area contributed by atoms with Gasteiger partial charge in [-0.25, -0.2) is 4.74 Å². The van der Waals surface area contributed by atoms with E-state index in [0.717, 1.165) is 0 Å². The molecule has 0 saturated heterocycles. The third-order valence-corrected chi connectivity index (χ3v) is 0.815. The summed E-state index contributed by atoms with van der Waals surface area (Å²) in [7, 11) is 0. The lowest BCUT2D eigenvalue weighted by Crippen LogP contribution is -2.46. The molecule has 0 aromatic carbocycles. The second-order valence-corrected chi connectivity index (χ2v) is 1.91. The van der Waals surface area contributed by atoms with Crippen LogP contribution in [0.25, 0.3) is 0 Å². The Morgan fingerprint density at radius 3 is 1.50 bits per heavy atom. The Kier molecular flexibility index (Phi) is 3.11. The Morgan fingerprint density at radius 1 is 0.929 bits per heavy atom. The SMILES string of the molecule is O=C(F)C(F)(F)OC(F)(F)C(F)(F)F. The van der Waals surface area contributed by atoms with E-state index in [1.165, 1.54) is 0 Å². The second-order valence-electron chi connectivity index (χ2n) is 1.91. The molecule has 0 aliphatic rings. The zero-order valence-corrected chi connectivity index (χ0v) is 5.84. The van der Waals surface area contributed by atoms with E-state index >= 15 is 0 Å². The Bertz CT molecular complexity index is 230. The molecule has 2 nitrogen and oxygen atoms in total. The van der Waals surface area contributed by atoms with Crippen LogP contribution in [0.5, 0.6) is 0 Å². The van der Waals surface area contributed by atoms with Gasteiger partial charge in [-0.1, -0.05) is 0 Å². The van der Waals surface area contributed by atoms with Crippen LogP contribution in [0.1, 0.15) is 0 Å². The van der Waals surface area contributed by atoms with Gasteiger partial charge < -0.3 is 0 Å². The zero-order valence-electron chi connectivity index (χ0n) is 5.84. The first kappa shape index (κ1) is 13.1. The van der Waals surface area contributed by atoms with Crippen LogP contribution in [0.4, 0.5) is 35.1 Å². The number of hydrogen-bond donors (Lipinski definition) is 0. The first-order valence-corrected chi connectivity index (χ1v) is 2.62. The van der Waals surface area contributed by atoms with Crippen LogP contribution >= 0.6 is 0 Å². The van der Waals surface area contributed by atoms with Crippen molar-refractivity contribution in [2.24, 2.45) is 0 Å². The average molecular weight is 232 g/mol. The van der Waals surface area contributed by atoms with Crippen LogP contribution in [0.3, 0.4) is 0 Å². The molecule has 0 atom stereocenters. The molecule has 0 aliphatic carbocycles. The van der Waals surface area contributed by atoms with Crippen molar-refractivity contribution < 1.29 is 44.7 Å². The van der Waals surface area contributed by atoms with Gasteiger partial charge in [-0.3, -0.25) is 4.79 Å². The average Bonchev–Trinajstić information content (AvgIpc) is 1.80. The smallest absolute Gasteiger partial charge is 0.251 e. The van der Waals surface area contributed by atoms with E-state index in [1.807, 2.05) is 0 Å². The quantitative estimate of drug-likeness (QED) is 0.551. The van der Waals surface area contributed by atoms with E-state index in [4.69, 9.17) is 0 Å². The van der Waals surface area contributed by atoms with Crippen molar-refractivity contribution in [2.75, 3.05) is 0 Å². The molecule has 0 aromatic rings. The standard InChI is InChI=1S/C4F8O2/c5-1(13)2(6,7)14-4(11,12)3(8,9)10. The molecule has 0 radical (unpaired) electrons. The molecular formula is C4F8O2. The van der Waals surface area contributed by atoms with Crippen LogP contribution in [0.15, 0.2) is 0 Å². The summed E-state index contributed by atoms with van der Waals surface area (Å²) in [5.41, 5.74) is 0. The van der Waals surface area contributed by atoms with Gasteiger partial charge in [0.25, 0.3) is 0 Å². The van der Waals surface area contributed by atoms with Gasteiger partial charge in [0.1, 0.15) is 0 Å². The molecule has 0 heterocycles. The van der Waals surface area contributed by atoms with Gasteiger partial charge in [0.15, 0.2) is 0 Å². The number of carbonyl (C=O) groups is 1. The molecule has 0 N–H and O–H groups in total. The molecule has 0 saturated carbocycles. The van der Waals surface area contributed by atoms with Gasteiger partial charge in [0, 0.05) is 0 Å². The van der Waals surface area contributed by atoms with Crippen molar-refractivity contribution in [3.63, 3.8) is 0 Å². The summed E-state index contributed by atoms with van der Waals surface area (Å²) in [6, 6.07) is -3.75. The summed E-state index contributed by atoms with van der Waals surface area (Å²) in [5, 5.41) is 0. The highest BCUT2D eigenvalue weighted by atomic mass is 19.4. The maximum absolute atomic E-state index is 11.6. The van der Waals surface area contributed by atoms with Gasteiger partial charge in [-0.05, 0) is 0 Å². The molecule has 0 spiro atoms. The Hall–Kier alpha value is -0.930. The number of carbonyl (C=O) groups excluding carboxylic acids is 1. The van der Waals surface area contributed by atoms with Crippen molar-refractivity contribution in [2.45, 2.75) is 18.4 Å². The molecular weight excluding hydrogens is 232 g/mol. The van der Waals surface area contributed by atoms with Crippen LogP contribution in [0, 0.1) is 0 Å². The van der Waals surface area contributed by atoms with E-state index < -0.39 is 24.4 Å².